The van der Waals surface area contributed by atoms with Gasteiger partial charge in [-0.2, -0.15) is 0 Å². The second kappa shape index (κ2) is 9.48. The van der Waals surface area contributed by atoms with E-state index >= 15 is 0 Å². The van der Waals surface area contributed by atoms with Gasteiger partial charge in [-0.1, -0.05) is 37.6 Å². The summed E-state index contributed by atoms with van der Waals surface area (Å²) in [5.74, 6) is 1.32. The Morgan fingerprint density at radius 3 is 2.27 bits per heavy atom. The minimum absolute atomic E-state index is 0.0713. The van der Waals surface area contributed by atoms with E-state index in [1.807, 2.05) is 51.1 Å². The van der Waals surface area contributed by atoms with Crippen LogP contribution in [0.5, 0.6) is 11.5 Å². The van der Waals surface area contributed by atoms with Gasteiger partial charge in [-0.3, -0.25) is 4.79 Å². The number of nitrogens with one attached hydrogen (secondary N) is 1. The first-order valence-electron chi connectivity index (χ1n) is 8.85. The maximum absolute atomic E-state index is 12.7. The van der Waals surface area contributed by atoms with Crippen molar-refractivity contribution in [1.29, 1.82) is 0 Å². The summed E-state index contributed by atoms with van der Waals surface area (Å²) in [4.78, 5) is 12.7. The molecule has 0 aliphatic heterocycles. The second-order valence-corrected chi connectivity index (χ2v) is 6.58. The van der Waals surface area contributed by atoms with E-state index in [4.69, 9.17) is 21.1 Å². The predicted molar refractivity (Wildman–Crippen MR) is 105 cm³/mol. The summed E-state index contributed by atoms with van der Waals surface area (Å²) in [5, 5.41) is 3.77. The largest absolute Gasteiger partial charge is 0.497 e. The van der Waals surface area contributed by atoms with Crippen molar-refractivity contribution in [2.75, 3.05) is 7.11 Å². The molecule has 1 amide bonds. The summed E-state index contributed by atoms with van der Waals surface area (Å²) in [7, 11) is 1.63. The zero-order valence-corrected chi connectivity index (χ0v) is 16.5. The van der Waals surface area contributed by atoms with E-state index in [-0.39, 0.29) is 11.9 Å². The van der Waals surface area contributed by atoms with E-state index < -0.39 is 6.10 Å². The van der Waals surface area contributed by atoms with E-state index in [1.165, 1.54) is 0 Å². The van der Waals surface area contributed by atoms with Crippen molar-refractivity contribution in [3.8, 4) is 11.5 Å². The molecule has 0 heterocycles. The highest BCUT2D eigenvalue weighted by molar-refractivity contribution is 6.31. The molecule has 0 spiro atoms. The van der Waals surface area contributed by atoms with E-state index in [1.54, 1.807) is 19.2 Å². The van der Waals surface area contributed by atoms with Crippen LogP contribution >= 0.6 is 11.6 Å². The minimum atomic E-state index is -0.553. The monoisotopic (exact) mass is 375 g/mol. The molecule has 140 valence electrons. The number of hydrogen-bond acceptors (Lipinski definition) is 3. The van der Waals surface area contributed by atoms with E-state index in [9.17, 15) is 4.79 Å². The third-order valence-electron chi connectivity index (χ3n) is 4.31. The van der Waals surface area contributed by atoms with Crippen LogP contribution < -0.4 is 14.8 Å². The Balaban J connectivity index is 2.06. The number of halogens is 1. The number of ether oxygens (including phenoxy) is 2. The second-order valence-electron chi connectivity index (χ2n) is 6.17. The average molecular weight is 376 g/mol. The zero-order chi connectivity index (χ0) is 19.1. The van der Waals surface area contributed by atoms with Gasteiger partial charge in [0.1, 0.15) is 11.5 Å². The predicted octanol–water partition coefficient (Wildman–Crippen LogP) is 5.08. The number of aryl methyl sites for hydroxylation is 1. The van der Waals surface area contributed by atoms with Crippen molar-refractivity contribution in [2.24, 2.45) is 0 Å². The van der Waals surface area contributed by atoms with Crippen LogP contribution in [0.1, 0.15) is 43.9 Å². The van der Waals surface area contributed by atoms with Gasteiger partial charge in [0, 0.05) is 5.02 Å². The van der Waals surface area contributed by atoms with Crippen molar-refractivity contribution in [3.63, 3.8) is 0 Å². The van der Waals surface area contributed by atoms with Crippen LogP contribution in [0.4, 0.5) is 0 Å². The standard InChI is InChI=1S/C21H26ClNO3/c1-5-19(15-7-9-16(25-4)10-8-15)23-21(24)20(6-2)26-17-11-12-18(22)14(3)13-17/h7-13,19-20H,5-6H2,1-4H3,(H,23,24)/t19-,20-/m0/s1. The molecule has 2 aromatic rings. The normalized spacial score (nSPS) is 13.0. The topological polar surface area (TPSA) is 47.6 Å². The molecule has 0 saturated carbocycles. The van der Waals surface area contributed by atoms with Gasteiger partial charge in [0.15, 0.2) is 6.10 Å². The van der Waals surface area contributed by atoms with Crippen LogP contribution in [0.3, 0.4) is 0 Å². The van der Waals surface area contributed by atoms with E-state index in [2.05, 4.69) is 5.32 Å². The molecule has 0 aromatic heterocycles. The molecule has 0 radical (unpaired) electrons. The molecule has 2 aromatic carbocycles. The highest BCUT2D eigenvalue weighted by atomic mass is 35.5. The van der Waals surface area contributed by atoms with Crippen LogP contribution in [0.25, 0.3) is 0 Å². The summed E-state index contributed by atoms with van der Waals surface area (Å²) in [6.45, 7) is 5.88. The third-order valence-corrected chi connectivity index (χ3v) is 4.74. The molecule has 0 aliphatic carbocycles. The van der Waals surface area contributed by atoms with Gasteiger partial charge >= 0.3 is 0 Å². The Morgan fingerprint density at radius 1 is 1.08 bits per heavy atom. The number of amides is 1. The van der Waals surface area contributed by atoms with Gasteiger partial charge in [-0.25, -0.2) is 0 Å². The van der Waals surface area contributed by atoms with Crippen molar-refractivity contribution < 1.29 is 14.3 Å². The molecule has 0 saturated heterocycles. The Hall–Kier alpha value is -2.20. The highest BCUT2D eigenvalue weighted by Gasteiger charge is 2.22. The number of carbonyl (C=O) groups is 1. The van der Waals surface area contributed by atoms with Gasteiger partial charge in [0.25, 0.3) is 5.91 Å². The molecule has 0 aliphatic rings. The summed E-state index contributed by atoms with van der Waals surface area (Å²) in [5.41, 5.74) is 1.96. The van der Waals surface area contributed by atoms with Crippen LogP contribution in [0.2, 0.25) is 5.02 Å². The van der Waals surface area contributed by atoms with Crippen molar-refractivity contribution >= 4 is 17.5 Å². The molecule has 2 atom stereocenters. The van der Waals surface area contributed by atoms with Crippen LogP contribution in [0.15, 0.2) is 42.5 Å². The molecule has 4 nitrogen and oxygen atoms in total. The summed E-state index contributed by atoms with van der Waals surface area (Å²) >= 11 is 6.05. The summed E-state index contributed by atoms with van der Waals surface area (Å²) in [6.07, 6.45) is 0.809. The van der Waals surface area contributed by atoms with Crippen molar-refractivity contribution in [2.45, 2.75) is 45.8 Å². The first-order valence-corrected chi connectivity index (χ1v) is 9.23. The lowest BCUT2D eigenvalue weighted by molar-refractivity contribution is -0.128. The lowest BCUT2D eigenvalue weighted by atomic mass is 10.0. The van der Waals surface area contributed by atoms with Crippen LogP contribution in [-0.2, 0) is 4.79 Å². The molecule has 0 bridgehead atoms. The summed E-state index contributed by atoms with van der Waals surface area (Å²) < 4.78 is 11.1. The number of carbonyl (C=O) groups excluding carboxylic acids is 1. The van der Waals surface area contributed by atoms with Gasteiger partial charge in [-0.15, -0.1) is 0 Å². The molecule has 2 rings (SSSR count). The minimum Gasteiger partial charge on any atom is -0.497 e. The van der Waals surface area contributed by atoms with Crippen LogP contribution in [-0.4, -0.2) is 19.1 Å². The molecule has 1 N–H and O–H groups in total. The fourth-order valence-corrected chi connectivity index (χ4v) is 2.82. The Morgan fingerprint density at radius 2 is 1.73 bits per heavy atom. The molecule has 26 heavy (non-hydrogen) atoms. The molecule has 0 unspecified atom stereocenters. The first-order chi connectivity index (χ1) is 12.5. The van der Waals surface area contributed by atoms with Gasteiger partial charge in [0.2, 0.25) is 0 Å². The van der Waals surface area contributed by atoms with Crippen LogP contribution in [0, 0.1) is 6.92 Å². The van der Waals surface area contributed by atoms with Gasteiger partial charge in [0.05, 0.1) is 13.2 Å². The maximum Gasteiger partial charge on any atom is 0.261 e. The third kappa shape index (κ3) is 5.15. The number of rotatable bonds is 8. The SMILES string of the molecule is CC[C@H](Oc1ccc(Cl)c(C)c1)C(=O)N[C@@H](CC)c1ccc(OC)cc1. The molecular formula is C21H26ClNO3. The lowest BCUT2D eigenvalue weighted by Crippen LogP contribution is -2.39. The Labute approximate surface area is 160 Å². The van der Waals surface area contributed by atoms with E-state index in [0.29, 0.717) is 17.2 Å². The fraction of sp³-hybridized carbons (Fsp3) is 0.381. The Kier molecular flexibility index (Phi) is 7.34. The zero-order valence-electron chi connectivity index (χ0n) is 15.7. The lowest BCUT2D eigenvalue weighted by Gasteiger charge is -2.23. The maximum atomic E-state index is 12.7. The number of hydrogen-bond donors (Lipinski definition) is 1. The molecule has 0 fully saturated rings. The summed E-state index contributed by atoms with van der Waals surface area (Å²) in [6, 6.07) is 13.1. The van der Waals surface area contributed by atoms with E-state index in [0.717, 1.165) is 23.3 Å². The van der Waals surface area contributed by atoms with Crippen molar-refractivity contribution in [1.82, 2.24) is 5.32 Å². The van der Waals surface area contributed by atoms with Gasteiger partial charge < -0.3 is 14.8 Å². The average Bonchev–Trinajstić information content (AvgIpc) is 2.66. The number of methoxy groups -OCH3 is 1. The van der Waals surface area contributed by atoms with Crippen molar-refractivity contribution in [3.05, 3.63) is 58.6 Å². The molecular weight excluding hydrogens is 350 g/mol. The quantitative estimate of drug-likeness (QED) is 0.699. The highest BCUT2D eigenvalue weighted by Crippen LogP contribution is 2.24. The van der Waals surface area contributed by atoms with Gasteiger partial charge in [-0.05, 0) is 61.2 Å². The fourth-order valence-electron chi connectivity index (χ4n) is 2.70. The Bertz CT molecular complexity index is 731. The smallest absolute Gasteiger partial charge is 0.261 e. The number of benzene rings is 2. The molecule has 5 heteroatoms. The first kappa shape index (κ1) is 20.1.